The summed E-state index contributed by atoms with van der Waals surface area (Å²) in [5.74, 6) is 0.463. The molecule has 152 valence electrons. The molecule has 3 aromatic heterocycles. The molecule has 0 bridgehead atoms. The van der Waals surface area contributed by atoms with Gasteiger partial charge >= 0.3 is 0 Å². The second kappa shape index (κ2) is 7.42. The molecule has 0 N–H and O–H groups in total. The van der Waals surface area contributed by atoms with E-state index in [2.05, 4.69) is 10.1 Å². The van der Waals surface area contributed by atoms with Crippen molar-refractivity contribution >= 4 is 17.0 Å². The molecule has 30 heavy (non-hydrogen) atoms. The summed E-state index contributed by atoms with van der Waals surface area (Å²) >= 11 is 0. The predicted octanol–water partition coefficient (Wildman–Crippen LogP) is 4.40. The van der Waals surface area contributed by atoms with Crippen molar-refractivity contribution in [2.75, 3.05) is 13.1 Å². The first kappa shape index (κ1) is 18.6. The first-order valence-corrected chi connectivity index (χ1v) is 9.94. The summed E-state index contributed by atoms with van der Waals surface area (Å²) in [6.07, 6.45) is 1.51. The van der Waals surface area contributed by atoms with Gasteiger partial charge in [-0.05, 0) is 32.0 Å². The lowest BCUT2D eigenvalue weighted by Crippen LogP contribution is -2.48. The van der Waals surface area contributed by atoms with E-state index in [-0.39, 0.29) is 18.1 Å². The van der Waals surface area contributed by atoms with Crippen LogP contribution >= 0.6 is 0 Å². The Balaban J connectivity index is 1.69. The summed E-state index contributed by atoms with van der Waals surface area (Å²) in [7, 11) is 0. The lowest BCUT2D eigenvalue weighted by Gasteiger charge is -2.35. The largest absolute Gasteiger partial charge is 0.463 e. The zero-order valence-electron chi connectivity index (χ0n) is 16.7. The van der Waals surface area contributed by atoms with Crippen LogP contribution in [0.25, 0.3) is 33.8 Å². The van der Waals surface area contributed by atoms with Crippen LogP contribution in [-0.4, -0.2) is 46.2 Å². The number of fused-ring (bicyclic) bond motifs is 1. The van der Waals surface area contributed by atoms with Crippen LogP contribution in [0.2, 0.25) is 0 Å². The van der Waals surface area contributed by atoms with Gasteiger partial charge in [0.05, 0.1) is 29.4 Å². The van der Waals surface area contributed by atoms with Crippen LogP contribution in [0.15, 0.2) is 63.7 Å². The van der Waals surface area contributed by atoms with Gasteiger partial charge in [-0.3, -0.25) is 4.79 Å². The quantitative estimate of drug-likeness (QED) is 0.504. The standard InChI is InChI=1S/C23H21N3O4/c1-14-12-26(13-15(2)29-14)23(27)17-11-18(19-9-6-10-28-19)24-22-20(17)21(25-30-22)16-7-4-3-5-8-16/h3-11,14-15H,12-13H2,1-2H3/t14-,15+. The maximum atomic E-state index is 13.7. The summed E-state index contributed by atoms with van der Waals surface area (Å²) in [6, 6.07) is 15.0. The number of rotatable bonds is 3. The Labute approximate surface area is 173 Å². The van der Waals surface area contributed by atoms with Crippen molar-refractivity contribution in [1.82, 2.24) is 15.0 Å². The third kappa shape index (κ3) is 3.27. The van der Waals surface area contributed by atoms with Crippen molar-refractivity contribution in [3.05, 3.63) is 60.4 Å². The number of morpholine rings is 1. The van der Waals surface area contributed by atoms with E-state index < -0.39 is 0 Å². The lowest BCUT2D eigenvalue weighted by molar-refractivity contribution is -0.0585. The van der Waals surface area contributed by atoms with Crippen LogP contribution < -0.4 is 0 Å². The van der Waals surface area contributed by atoms with Gasteiger partial charge in [-0.15, -0.1) is 0 Å². The van der Waals surface area contributed by atoms with Crippen molar-refractivity contribution in [1.29, 1.82) is 0 Å². The maximum Gasteiger partial charge on any atom is 0.259 e. The number of carbonyl (C=O) groups excluding carboxylic acids is 1. The number of furan rings is 1. The first-order valence-electron chi connectivity index (χ1n) is 9.94. The molecular formula is C23H21N3O4. The molecule has 0 unspecified atom stereocenters. The van der Waals surface area contributed by atoms with Crippen molar-refractivity contribution in [2.24, 2.45) is 0 Å². The number of ether oxygens (including phenoxy) is 1. The molecule has 1 aliphatic rings. The number of nitrogens with zero attached hydrogens (tertiary/aromatic N) is 3. The van der Waals surface area contributed by atoms with Gasteiger partial charge in [0.15, 0.2) is 5.76 Å². The maximum absolute atomic E-state index is 13.7. The number of pyridine rings is 1. The number of aromatic nitrogens is 2. The van der Waals surface area contributed by atoms with E-state index in [9.17, 15) is 4.79 Å². The second-order valence-electron chi connectivity index (χ2n) is 7.58. The average Bonchev–Trinajstić information content (AvgIpc) is 3.42. The molecule has 0 spiro atoms. The second-order valence-corrected chi connectivity index (χ2v) is 7.58. The van der Waals surface area contributed by atoms with Crippen molar-refractivity contribution in [3.63, 3.8) is 0 Å². The van der Waals surface area contributed by atoms with Crippen LogP contribution in [0, 0.1) is 0 Å². The van der Waals surface area contributed by atoms with Crippen LogP contribution in [0.4, 0.5) is 0 Å². The zero-order valence-corrected chi connectivity index (χ0v) is 16.7. The third-order valence-electron chi connectivity index (χ3n) is 5.20. The Morgan fingerprint density at radius 3 is 2.53 bits per heavy atom. The molecule has 2 atom stereocenters. The minimum absolute atomic E-state index is 0.0318. The monoisotopic (exact) mass is 403 g/mol. The van der Waals surface area contributed by atoms with Gasteiger partial charge in [0.2, 0.25) is 0 Å². The van der Waals surface area contributed by atoms with Crippen LogP contribution in [0.1, 0.15) is 24.2 Å². The fourth-order valence-corrected chi connectivity index (χ4v) is 3.98. The Morgan fingerprint density at radius 2 is 1.83 bits per heavy atom. The van der Waals surface area contributed by atoms with Gasteiger partial charge < -0.3 is 18.6 Å². The van der Waals surface area contributed by atoms with Crippen molar-refractivity contribution in [3.8, 4) is 22.7 Å². The molecule has 0 radical (unpaired) electrons. The Bertz CT molecular complexity index is 1170. The Hall–Kier alpha value is -3.45. The molecule has 1 fully saturated rings. The predicted molar refractivity (Wildman–Crippen MR) is 111 cm³/mol. The fourth-order valence-electron chi connectivity index (χ4n) is 3.98. The van der Waals surface area contributed by atoms with E-state index in [0.717, 1.165) is 5.56 Å². The van der Waals surface area contributed by atoms with Crippen LogP contribution in [0.5, 0.6) is 0 Å². The topological polar surface area (TPSA) is 81.6 Å². The molecule has 1 amide bonds. The highest BCUT2D eigenvalue weighted by molar-refractivity contribution is 6.10. The van der Waals surface area contributed by atoms with E-state index in [0.29, 0.717) is 46.9 Å². The third-order valence-corrected chi connectivity index (χ3v) is 5.20. The number of hydrogen-bond acceptors (Lipinski definition) is 6. The molecule has 7 nitrogen and oxygen atoms in total. The van der Waals surface area contributed by atoms with Crippen LogP contribution in [-0.2, 0) is 4.74 Å². The van der Waals surface area contributed by atoms with Gasteiger partial charge in [-0.25, -0.2) is 4.98 Å². The molecule has 4 heterocycles. The van der Waals surface area contributed by atoms with E-state index in [1.807, 2.05) is 49.1 Å². The molecule has 5 rings (SSSR count). The molecule has 1 aromatic carbocycles. The SMILES string of the molecule is C[C@@H]1CN(C(=O)c2cc(-c3ccco3)nc3onc(-c4ccccc4)c23)C[C@H](C)O1. The van der Waals surface area contributed by atoms with Gasteiger partial charge in [-0.2, -0.15) is 0 Å². The molecule has 7 heteroatoms. The van der Waals surface area contributed by atoms with E-state index in [1.54, 1.807) is 24.5 Å². The molecule has 1 saturated heterocycles. The smallest absolute Gasteiger partial charge is 0.259 e. The Morgan fingerprint density at radius 1 is 1.07 bits per heavy atom. The minimum Gasteiger partial charge on any atom is -0.463 e. The number of benzene rings is 1. The van der Waals surface area contributed by atoms with Crippen molar-refractivity contribution < 1.29 is 18.5 Å². The highest BCUT2D eigenvalue weighted by Crippen LogP contribution is 2.33. The van der Waals surface area contributed by atoms with E-state index >= 15 is 0 Å². The summed E-state index contributed by atoms with van der Waals surface area (Å²) < 4.78 is 16.9. The summed E-state index contributed by atoms with van der Waals surface area (Å²) in [5.41, 5.74) is 2.79. The average molecular weight is 403 g/mol. The highest BCUT2D eigenvalue weighted by atomic mass is 16.5. The van der Waals surface area contributed by atoms with E-state index in [4.69, 9.17) is 13.7 Å². The molecular weight excluding hydrogens is 382 g/mol. The highest BCUT2D eigenvalue weighted by Gasteiger charge is 2.30. The number of amides is 1. The van der Waals surface area contributed by atoms with Crippen LogP contribution in [0.3, 0.4) is 0 Å². The zero-order chi connectivity index (χ0) is 20.7. The summed E-state index contributed by atoms with van der Waals surface area (Å²) in [4.78, 5) is 20.0. The van der Waals surface area contributed by atoms with Gasteiger partial charge in [0.25, 0.3) is 11.6 Å². The fraction of sp³-hybridized carbons (Fsp3) is 0.261. The van der Waals surface area contributed by atoms with Gasteiger partial charge in [0.1, 0.15) is 11.4 Å². The number of hydrogen-bond donors (Lipinski definition) is 0. The molecule has 4 aromatic rings. The van der Waals surface area contributed by atoms with Crippen molar-refractivity contribution in [2.45, 2.75) is 26.1 Å². The van der Waals surface area contributed by atoms with E-state index in [1.165, 1.54) is 0 Å². The van der Waals surface area contributed by atoms with Gasteiger partial charge in [0, 0.05) is 18.7 Å². The Kier molecular flexibility index (Phi) is 4.59. The molecule has 1 aliphatic heterocycles. The van der Waals surface area contributed by atoms with Gasteiger partial charge in [-0.1, -0.05) is 35.5 Å². The molecule has 0 aliphatic carbocycles. The molecule has 0 saturated carbocycles. The minimum atomic E-state index is -0.0995. The number of carbonyl (C=O) groups is 1. The summed E-state index contributed by atoms with van der Waals surface area (Å²) in [5, 5.41) is 4.85. The lowest BCUT2D eigenvalue weighted by atomic mass is 10.0. The first-order chi connectivity index (χ1) is 14.6. The normalized spacial score (nSPS) is 19.3. The summed E-state index contributed by atoms with van der Waals surface area (Å²) in [6.45, 7) is 4.99.